The molecule has 0 N–H and O–H groups in total. The number of piperazine rings is 1. The third-order valence-electron chi connectivity index (χ3n) is 4.90. The third kappa shape index (κ3) is 3.19. The fourth-order valence-electron chi connectivity index (χ4n) is 3.44. The highest BCUT2D eigenvalue weighted by molar-refractivity contribution is 9.10. The second-order valence-corrected chi connectivity index (χ2v) is 7.43. The van der Waals surface area contributed by atoms with Crippen LogP contribution in [0.1, 0.15) is 15.9 Å². The molecule has 2 aromatic carbocycles. The van der Waals surface area contributed by atoms with Crippen LogP contribution in [0.25, 0.3) is 10.9 Å². The van der Waals surface area contributed by atoms with E-state index in [1.807, 2.05) is 41.3 Å². The summed E-state index contributed by atoms with van der Waals surface area (Å²) < 4.78 is 0.847. The van der Waals surface area contributed by atoms with Gasteiger partial charge in [-0.15, -0.1) is 0 Å². The summed E-state index contributed by atoms with van der Waals surface area (Å²) in [5, 5.41) is 1.19. The van der Waals surface area contributed by atoms with Crippen LogP contribution in [0, 0.1) is 6.92 Å². The summed E-state index contributed by atoms with van der Waals surface area (Å²) in [5.74, 6) is 1.08. The molecule has 132 valence electrons. The molecule has 2 heterocycles. The Morgan fingerprint density at radius 3 is 2.46 bits per heavy atom. The summed E-state index contributed by atoms with van der Waals surface area (Å²) in [6.45, 7) is 5.11. The molecular weight excluding hydrogens is 390 g/mol. The van der Waals surface area contributed by atoms with Gasteiger partial charge in [-0.2, -0.15) is 0 Å². The van der Waals surface area contributed by atoms with Crippen LogP contribution in [0.4, 0.5) is 5.82 Å². The number of benzene rings is 2. The average Bonchev–Trinajstić information content (AvgIpc) is 2.68. The van der Waals surface area contributed by atoms with Crippen LogP contribution in [0.15, 0.2) is 59.1 Å². The van der Waals surface area contributed by atoms with Gasteiger partial charge in [0.05, 0.1) is 11.1 Å². The lowest BCUT2D eigenvalue weighted by molar-refractivity contribution is 0.0745. The molecule has 5 heteroatoms. The number of rotatable bonds is 2. The van der Waals surface area contributed by atoms with Crippen molar-refractivity contribution >= 4 is 38.6 Å². The van der Waals surface area contributed by atoms with Gasteiger partial charge >= 0.3 is 0 Å². The second-order valence-electron chi connectivity index (χ2n) is 6.57. The molecule has 0 spiro atoms. The van der Waals surface area contributed by atoms with Gasteiger partial charge in [-0.3, -0.25) is 4.79 Å². The van der Waals surface area contributed by atoms with Gasteiger partial charge in [-0.05, 0) is 52.7 Å². The first-order valence-corrected chi connectivity index (χ1v) is 9.58. The van der Waals surface area contributed by atoms with E-state index in [4.69, 9.17) is 4.98 Å². The maximum absolute atomic E-state index is 12.8. The van der Waals surface area contributed by atoms with Crippen molar-refractivity contribution in [2.75, 3.05) is 31.1 Å². The first kappa shape index (κ1) is 17.0. The number of hydrogen-bond donors (Lipinski definition) is 0. The van der Waals surface area contributed by atoms with E-state index in [1.54, 1.807) is 0 Å². The molecule has 4 rings (SSSR count). The van der Waals surface area contributed by atoms with Crippen molar-refractivity contribution in [3.8, 4) is 0 Å². The molecule has 0 unspecified atom stereocenters. The standard InChI is InChI=1S/C21H20BrN3O/c1-15-14-20(23-19-9-5-3-6-16(15)19)24-10-12-25(13-11-24)21(26)17-7-2-4-8-18(17)22/h2-9,14H,10-13H2,1H3. The van der Waals surface area contributed by atoms with E-state index in [0.717, 1.165) is 34.5 Å². The number of aromatic nitrogens is 1. The summed E-state index contributed by atoms with van der Waals surface area (Å²) in [5.41, 5.74) is 2.98. The van der Waals surface area contributed by atoms with E-state index in [-0.39, 0.29) is 5.91 Å². The minimum Gasteiger partial charge on any atom is -0.353 e. The van der Waals surface area contributed by atoms with Gasteiger partial charge in [-0.25, -0.2) is 4.98 Å². The lowest BCUT2D eigenvalue weighted by atomic mass is 10.1. The first-order valence-electron chi connectivity index (χ1n) is 8.78. The van der Waals surface area contributed by atoms with Crippen molar-refractivity contribution in [2.45, 2.75) is 6.92 Å². The molecule has 1 aromatic heterocycles. The number of aryl methyl sites for hydroxylation is 1. The molecule has 4 nitrogen and oxygen atoms in total. The Kier molecular flexibility index (Phi) is 4.64. The highest BCUT2D eigenvalue weighted by Gasteiger charge is 2.24. The van der Waals surface area contributed by atoms with Crippen LogP contribution in [-0.2, 0) is 0 Å². The van der Waals surface area contributed by atoms with Crippen LogP contribution in [0.5, 0.6) is 0 Å². The van der Waals surface area contributed by atoms with Crippen molar-refractivity contribution < 1.29 is 4.79 Å². The predicted molar refractivity (Wildman–Crippen MR) is 109 cm³/mol. The fraction of sp³-hybridized carbons (Fsp3) is 0.238. The molecule has 0 atom stereocenters. The lowest BCUT2D eigenvalue weighted by Crippen LogP contribution is -2.49. The number of hydrogen-bond acceptors (Lipinski definition) is 3. The molecule has 3 aromatic rings. The zero-order valence-electron chi connectivity index (χ0n) is 14.7. The molecule has 1 saturated heterocycles. The molecule has 0 radical (unpaired) electrons. The molecule has 1 aliphatic rings. The molecule has 26 heavy (non-hydrogen) atoms. The molecular formula is C21H20BrN3O. The Morgan fingerprint density at radius 2 is 1.69 bits per heavy atom. The van der Waals surface area contributed by atoms with E-state index in [0.29, 0.717) is 13.1 Å². The van der Waals surface area contributed by atoms with Crippen LogP contribution in [0.3, 0.4) is 0 Å². The molecule has 0 aliphatic carbocycles. The number of nitrogens with zero attached hydrogens (tertiary/aromatic N) is 3. The Hall–Kier alpha value is -2.40. The summed E-state index contributed by atoms with van der Waals surface area (Å²) in [4.78, 5) is 21.8. The third-order valence-corrected chi connectivity index (χ3v) is 5.60. The monoisotopic (exact) mass is 409 g/mol. The van der Waals surface area contributed by atoms with E-state index >= 15 is 0 Å². The van der Waals surface area contributed by atoms with Gasteiger partial charge in [0, 0.05) is 36.0 Å². The number of anilines is 1. The number of fused-ring (bicyclic) bond motifs is 1. The summed E-state index contributed by atoms with van der Waals surface area (Å²) in [6.07, 6.45) is 0. The topological polar surface area (TPSA) is 36.4 Å². The minimum atomic E-state index is 0.0831. The number of para-hydroxylation sites is 1. The molecule has 0 saturated carbocycles. The SMILES string of the molecule is Cc1cc(N2CCN(C(=O)c3ccccc3Br)CC2)nc2ccccc12. The smallest absolute Gasteiger partial charge is 0.255 e. The molecule has 1 fully saturated rings. The van der Waals surface area contributed by atoms with Gasteiger partial charge in [0.2, 0.25) is 0 Å². The maximum Gasteiger partial charge on any atom is 0.255 e. The fourth-order valence-corrected chi connectivity index (χ4v) is 3.89. The van der Waals surface area contributed by atoms with Gasteiger partial charge in [0.25, 0.3) is 5.91 Å². The molecule has 1 aliphatic heterocycles. The highest BCUT2D eigenvalue weighted by Crippen LogP contribution is 2.24. The number of carbonyl (C=O) groups is 1. The van der Waals surface area contributed by atoms with Crippen LogP contribution < -0.4 is 4.90 Å². The van der Waals surface area contributed by atoms with Crippen LogP contribution in [-0.4, -0.2) is 42.0 Å². The Bertz CT molecular complexity index is 964. The number of carbonyl (C=O) groups excluding carboxylic acids is 1. The van der Waals surface area contributed by atoms with Crippen molar-refractivity contribution in [2.24, 2.45) is 0 Å². The van der Waals surface area contributed by atoms with Crippen molar-refractivity contribution in [1.29, 1.82) is 0 Å². The Labute approximate surface area is 161 Å². The highest BCUT2D eigenvalue weighted by atomic mass is 79.9. The zero-order valence-corrected chi connectivity index (χ0v) is 16.2. The van der Waals surface area contributed by atoms with Gasteiger partial charge in [0.1, 0.15) is 5.82 Å². The van der Waals surface area contributed by atoms with E-state index in [1.165, 1.54) is 10.9 Å². The average molecular weight is 410 g/mol. The normalized spacial score (nSPS) is 14.7. The Morgan fingerprint density at radius 1 is 1.00 bits per heavy atom. The first-order chi connectivity index (χ1) is 12.6. The number of halogens is 1. The van der Waals surface area contributed by atoms with E-state index in [9.17, 15) is 4.79 Å². The quantitative estimate of drug-likeness (QED) is 0.633. The number of amides is 1. The van der Waals surface area contributed by atoms with Gasteiger partial charge in [-0.1, -0.05) is 30.3 Å². The summed E-state index contributed by atoms with van der Waals surface area (Å²) in [7, 11) is 0. The lowest BCUT2D eigenvalue weighted by Gasteiger charge is -2.35. The van der Waals surface area contributed by atoms with E-state index in [2.05, 4.69) is 46.0 Å². The van der Waals surface area contributed by atoms with Gasteiger partial charge < -0.3 is 9.80 Å². The predicted octanol–water partition coefficient (Wildman–Crippen LogP) is 4.27. The van der Waals surface area contributed by atoms with Crippen molar-refractivity contribution in [1.82, 2.24) is 9.88 Å². The number of pyridine rings is 1. The van der Waals surface area contributed by atoms with Crippen LogP contribution in [0.2, 0.25) is 0 Å². The second kappa shape index (κ2) is 7.08. The minimum absolute atomic E-state index is 0.0831. The van der Waals surface area contributed by atoms with E-state index < -0.39 is 0 Å². The summed E-state index contributed by atoms with van der Waals surface area (Å²) >= 11 is 3.48. The zero-order chi connectivity index (χ0) is 18.1. The van der Waals surface area contributed by atoms with Crippen molar-refractivity contribution in [3.63, 3.8) is 0 Å². The largest absolute Gasteiger partial charge is 0.353 e. The van der Waals surface area contributed by atoms with Gasteiger partial charge in [0.15, 0.2) is 0 Å². The summed E-state index contributed by atoms with van der Waals surface area (Å²) in [6, 6.07) is 18.0. The maximum atomic E-state index is 12.8. The van der Waals surface area contributed by atoms with Crippen LogP contribution >= 0.6 is 15.9 Å². The molecule has 1 amide bonds. The van der Waals surface area contributed by atoms with Crippen molar-refractivity contribution in [3.05, 3.63) is 70.2 Å². The Balaban J connectivity index is 1.50. The molecule has 0 bridgehead atoms.